The van der Waals surface area contributed by atoms with Gasteiger partial charge < -0.3 is 15.2 Å². The van der Waals surface area contributed by atoms with Crippen LogP contribution in [0.5, 0.6) is 5.75 Å². The molecule has 0 heterocycles. The number of hydrogen-bond donors (Lipinski definition) is 1. The van der Waals surface area contributed by atoms with Gasteiger partial charge in [0.05, 0.1) is 18.2 Å². The Kier molecular flexibility index (Phi) is 5.48. The van der Waals surface area contributed by atoms with Gasteiger partial charge in [-0.1, -0.05) is 25.4 Å². The molecule has 0 aromatic heterocycles. The number of benzene rings is 1. The van der Waals surface area contributed by atoms with Crippen molar-refractivity contribution in [1.82, 2.24) is 0 Å². The molecule has 0 fully saturated rings. The molecule has 19 heavy (non-hydrogen) atoms. The van der Waals surface area contributed by atoms with E-state index in [-0.39, 0.29) is 11.7 Å². The Balaban J connectivity index is 3.07. The van der Waals surface area contributed by atoms with Crippen LogP contribution in [-0.4, -0.2) is 19.2 Å². The van der Waals surface area contributed by atoms with Gasteiger partial charge in [-0.3, -0.25) is 0 Å². The first kappa shape index (κ1) is 15.6. The standard InChI is InChI=1S/C14H20ClNO3/c1-8(2)5-9(3)19-13-11(14(17)18-4)6-10(16)7-12(13)15/h6-9H,5,16H2,1-4H3. The quantitative estimate of drug-likeness (QED) is 0.664. The van der Waals surface area contributed by atoms with Gasteiger partial charge >= 0.3 is 5.97 Å². The van der Waals surface area contributed by atoms with Crippen LogP contribution in [0.25, 0.3) is 0 Å². The van der Waals surface area contributed by atoms with E-state index >= 15 is 0 Å². The van der Waals surface area contributed by atoms with Gasteiger partial charge in [-0.25, -0.2) is 4.79 Å². The van der Waals surface area contributed by atoms with Gasteiger partial charge in [0.25, 0.3) is 0 Å². The second-order valence-electron chi connectivity index (χ2n) is 4.93. The van der Waals surface area contributed by atoms with Crippen molar-refractivity contribution in [3.8, 4) is 5.75 Å². The van der Waals surface area contributed by atoms with E-state index in [1.165, 1.54) is 13.2 Å². The second-order valence-corrected chi connectivity index (χ2v) is 5.34. The lowest BCUT2D eigenvalue weighted by molar-refractivity contribution is 0.0593. The van der Waals surface area contributed by atoms with Gasteiger partial charge in [0.2, 0.25) is 0 Å². The topological polar surface area (TPSA) is 61.5 Å². The smallest absolute Gasteiger partial charge is 0.341 e. The Bertz CT molecular complexity index is 460. The van der Waals surface area contributed by atoms with Gasteiger partial charge in [0.15, 0.2) is 5.75 Å². The zero-order valence-electron chi connectivity index (χ0n) is 11.7. The molecule has 0 spiro atoms. The van der Waals surface area contributed by atoms with Crippen molar-refractivity contribution in [1.29, 1.82) is 0 Å². The lowest BCUT2D eigenvalue weighted by Crippen LogP contribution is -2.17. The minimum atomic E-state index is -0.513. The summed E-state index contributed by atoms with van der Waals surface area (Å²) in [6.45, 7) is 6.14. The fraction of sp³-hybridized carbons (Fsp3) is 0.500. The van der Waals surface area contributed by atoms with Crippen molar-refractivity contribution in [2.75, 3.05) is 12.8 Å². The first-order chi connectivity index (χ1) is 8.85. The maximum atomic E-state index is 11.7. The van der Waals surface area contributed by atoms with Crippen molar-refractivity contribution >= 4 is 23.3 Å². The van der Waals surface area contributed by atoms with Gasteiger partial charge in [-0.2, -0.15) is 0 Å². The van der Waals surface area contributed by atoms with Crippen LogP contribution in [0.15, 0.2) is 12.1 Å². The molecular formula is C14H20ClNO3. The monoisotopic (exact) mass is 285 g/mol. The fourth-order valence-corrected chi connectivity index (χ4v) is 2.18. The number of rotatable bonds is 5. The maximum Gasteiger partial charge on any atom is 0.341 e. The second kappa shape index (κ2) is 6.66. The van der Waals surface area contributed by atoms with E-state index in [1.54, 1.807) is 6.07 Å². The Labute approximate surface area is 118 Å². The average Bonchev–Trinajstić information content (AvgIpc) is 2.30. The number of esters is 1. The van der Waals surface area contributed by atoms with Crippen LogP contribution < -0.4 is 10.5 Å². The maximum absolute atomic E-state index is 11.7. The highest BCUT2D eigenvalue weighted by Crippen LogP contribution is 2.33. The van der Waals surface area contributed by atoms with Crippen LogP contribution in [-0.2, 0) is 4.74 Å². The fourth-order valence-electron chi connectivity index (χ4n) is 1.91. The summed E-state index contributed by atoms with van der Waals surface area (Å²) in [5.74, 6) is 0.306. The molecule has 1 unspecified atom stereocenters. The SMILES string of the molecule is COC(=O)c1cc(N)cc(Cl)c1OC(C)CC(C)C. The average molecular weight is 286 g/mol. The molecule has 0 aliphatic carbocycles. The Morgan fingerprint density at radius 2 is 2.00 bits per heavy atom. The molecule has 1 rings (SSSR count). The lowest BCUT2D eigenvalue weighted by Gasteiger charge is -2.19. The van der Waals surface area contributed by atoms with Crippen LogP contribution in [0.3, 0.4) is 0 Å². The Morgan fingerprint density at radius 1 is 1.37 bits per heavy atom. The van der Waals surface area contributed by atoms with Crippen molar-refractivity contribution < 1.29 is 14.3 Å². The predicted molar refractivity (Wildman–Crippen MR) is 76.7 cm³/mol. The number of carbonyl (C=O) groups is 1. The Hall–Kier alpha value is -1.42. The van der Waals surface area contributed by atoms with Crippen molar-refractivity contribution in [3.05, 3.63) is 22.7 Å². The third-order valence-electron chi connectivity index (χ3n) is 2.59. The van der Waals surface area contributed by atoms with Gasteiger partial charge in [0, 0.05) is 5.69 Å². The molecule has 1 aromatic rings. The van der Waals surface area contributed by atoms with E-state index in [4.69, 9.17) is 26.8 Å². The first-order valence-corrected chi connectivity index (χ1v) is 6.57. The molecule has 0 saturated heterocycles. The summed E-state index contributed by atoms with van der Waals surface area (Å²) in [5.41, 5.74) is 6.33. The van der Waals surface area contributed by atoms with E-state index < -0.39 is 5.97 Å². The number of nitrogen functional groups attached to an aromatic ring is 1. The number of anilines is 1. The minimum Gasteiger partial charge on any atom is -0.488 e. The van der Waals surface area contributed by atoms with Crippen LogP contribution in [0.1, 0.15) is 37.6 Å². The molecule has 0 radical (unpaired) electrons. The van der Waals surface area contributed by atoms with Gasteiger partial charge in [-0.15, -0.1) is 0 Å². The number of methoxy groups -OCH3 is 1. The van der Waals surface area contributed by atoms with Crippen molar-refractivity contribution in [3.63, 3.8) is 0 Å². The van der Waals surface area contributed by atoms with Crippen molar-refractivity contribution in [2.45, 2.75) is 33.3 Å². The van der Waals surface area contributed by atoms with Crippen LogP contribution >= 0.6 is 11.6 Å². The summed E-state index contributed by atoms with van der Waals surface area (Å²) in [5, 5.41) is 0.316. The van der Waals surface area contributed by atoms with Crippen LogP contribution in [0.2, 0.25) is 5.02 Å². The molecule has 4 nitrogen and oxygen atoms in total. The molecule has 5 heteroatoms. The van der Waals surface area contributed by atoms with E-state index in [0.29, 0.717) is 22.4 Å². The molecule has 0 bridgehead atoms. The zero-order chi connectivity index (χ0) is 14.6. The van der Waals surface area contributed by atoms with Crippen molar-refractivity contribution in [2.24, 2.45) is 5.92 Å². The number of halogens is 1. The summed E-state index contributed by atoms with van der Waals surface area (Å²) < 4.78 is 10.5. The molecule has 0 aliphatic rings. The summed E-state index contributed by atoms with van der Waals surface area (Å²) in [6, 6.07) is 3.07. The van der Waals surface area contributed by atoms with Gasteiger partial charge in [0.1, 0.15) is 5.56 Å². The van der Waals surface area contributed by atoms with E-state index in [9.17, 15) is 4.79 Å². The largest absolute Gasteiger partial charge is 0.488 e. The predicted octanol–water partition coefficient (Wildman–Crippen LogP) is 3.52. The molecule has 0 saturated carbocycles. The summed E-state index contributed by atoms with van der Waals surface area (Å²) >= 11 is 6.10. The third-order valence-corrected chi connectivity index (χ3v) is 2.87. The summed E-state index contributed by atoms with van der Waals surface area (Å²) in [6.07, 6.45) is 0.811. The highest BCUT2D eigenvalue weighted by Gasteiger charge is 2.20. The lowest BCUT2D eigenvalue weighted by atomic mass is 10.1. The summed E-state index contributed by atoms with van der Waals surface area (Å²) in [7, 11) is 1.31. The number of ether oxygens (including phenoxy) is 2. The third kappa shape index (κ3) is 4.31. The molecule has 1 atom stereocenters. The molecule has 0 aliphatic heterocycles. The van der Waals surface area contributed by atoms with E-state index in [2.05, 4.69) is 13.8 Å². The highest BCUT2D eigenvalue weighted by molar-refractivity contribution is 6.33. The van der Waals surface area contributed by atoms with E-state index in [1.807, 2.05) is 6.92 Å². The van der Waals surface area contributed by atoms with Crippen LogP contribution in [0.4, 0.5) is 5.69 Å². The highest BCUT2D eigenvalue weighted by atomic mass is 35.5. The molecule has 0 amide bonds. The van der Waals surface area contributed by atoms with Gasteiger partial charge in [-0.05, 0) is 31.4 Å². The normalized spacial score (nSPS) is 12.3. The zero-order valence-corrected chi connectivity index (χ0v) is 12.5. The first-order valence-electron chi connectivity index (χ1n) is 6.19. The number of nitrogens with two attached hydrogens (primary N) is 1. The number of hydrogen-bond acceptors (Lipinski definition) is 4. The molecular weight excluding hydrogens is 266 g/mol. The van der Waals surface area contributed by atoms with Crippen LogP contribution in [0, 0.1) is 5.92 Å². The molecule has 1 aromatic carbocycles. The molecule has 106 valence electrons. The number of carbonyl (C=O) groups excluding carboxylic acids is 1. The summed E-state index contributed by atoms with van der Waals surface area (Å²) in [4.78, 5) is 11.7. The Morgan fingerprint density at radius 3 is 2.53 bits per heavy atom. The van der Waals surface area contributed by atoms with E-state index in [0.717, 1.165) is 6.42 Å². The molecule has 2 N–H and O–H groups in total. The minimum absolute atomic E-state index is 0.0514.